The van der Waals surface area contributed by atoms with Crippen molar-refractivity contribution in [3.8, 4) is 0 Å². The first-order valence-corrected chi connectivity index (χ1v) is 7.92. The van der Waals surface area contributed by atoms with Gasteiger partial charge in [-0.2, -0.15) is 0 Å². The number of nitrogens with zero attached hydrogens (tertiary/aromatic N) is 2. The molecule has 6 heteroatoms. The van der Waals surface area contributed by atoms with Crippen LogP contribution in [-0.4, -0.2) is 29.5 Å². The monoisotopic (exact) mass is 324 g/mol. The van der Waals surface area contributed by atoms with Gasteiger partial charge in [0.05, 0.1) is 6.04 Å². The van der Waals surface area contributed by atoms with Crippen molar-refractivity contribution in [3.05, 3.63) is 59.9 Å². The zero-order valence-corrected chi connectivity index (χ0v) is 13.5. The van der Waals surface area contributed by atoms with Crippen molar-refractivity contribution < 1.29 is 9.59 Å². The van der Waals surface area contributed by atoms with Gasteiger partial charge >= 0.3 is 6.03 Å². The van der Waals surface area contributed by atoms with Gasteiger partial charge in [0.1, 0.15) is 0 Å². The van der Waals surface area contributed by atoms with Crippen LogP contribution < -0.4 is 15.5 Å². The van der Waals surface area contributed by atoms with Crippen LogP contribution in [-0.2, 0) is 11.3 Å². The van der Waals surface area contributed by atoms with E-state index in [0.717, 1.165) is 16.8 Å². The Morgan fingerprint density at radius 2 is 2.08 bits per heavy atom. The van der Waals surface area contributed by atoms with E-state index in [9.17, 15) is 9.59 Å². The fourth-order valence-electron chi connectivity index (χ4n) is 2.70. The minimum atomic E-state index is -0.276. The molecule has 3 amide bonds. The second kappa shape index (κ2) is 7.12. The Kier molecular flexibility index (Phi) is 4.74. The van der Waals surface area contributed by atoms with Crippen LogP contribution in [0.3, 0.4) is 0 Å². The highest BCUT2D eigenvalue weighted by Crippen LogP contribution is 2.21. The second-order valence-electron chi connectivity index (χ2n) is 5.93. The minimum absolute atomic E-state index is 0.0245. The van der Waals surface area contributed by atoms with Gasteiger partial charge in [-0.15, -0.1) is 0 Å². The van der Waals surface area contributed by atoms with Crippen LogP contribution in [0.4, 0.5) is 10.5 Å². The highest BCUT2D eigenvalue weighted by Gasteiger charge is 2.31. The molecule has 0 bridgehead atoms. The standard InChI is InChI=1S/C18H20N4O2/c1-13-4-6-16(7-5-13)22-12-15(9-17(22)23)21-18(24)20-11-14-3-2-8-19-10-14/h2-8,10,15H,9,11-12H2,1H3,(H2,20,21,24). The summed E-state index contributed by atoms with van der Waals surface area (Å²) in [7, 11) is 0. The van der Waals surface area contributed by atoms with E-state index in [1.54, 1.807) is 17.3 Å². The molecule has 1 fully saturated rings. The van der Waals surface area contributed by atoms with Gasteiger partial charge < -0.3 is 15.5 Å². The molecule has 0 spiro atoms. The van der Waals surface area contributed by atoms with E-state index < -0.39 is 0 Å². The Labute approximate surface area is 140 Å². The maximum atomic E-state index is 12.2. The van der Waals surface area contributed by atoms with Crippen molar-refractivity contribution in [2.75, 3.05) is 11.4 Å². The van der Waals surface area contributed by atoms with Crippen LogP contribution in [0.15, 0.2) is 48.8 Å². The number of hydrogen-bond donors (Lipinski definition) is 2. The summed E-state index contributed by atoms with van der Waals surface area (Å²) in [5, 5.41) is 5.64. The second-order valence-corrected chi connectivity index (χ2v) is 5.93. The quantitative estimate of drug-likeness (QED) is 0.903. The Morgan fingerprint density at radius 3 is 2.79 bits per heavy atom. The summed E-state index contributed by atoms with van der Waals surface area (Å²) in [4.78, 5) is 29.9. The van der Waals surface area contributed by atoms with Gasteiger partial charge in [0.25, 0.3) is 0 Å². The van der Waals surface area contributed by atoms with E-state index in [1.165, 1.54) is 0 Å². The van der Waals surface area contributed by atoms with Crippen LogP contribution in [0.25, 0.3) is 0 Å². The summed E-state index contributed by atoms with van der Waals surface area (Å²) < 4.78 is 0. The summed E-state index contributed by atoms with van der Waals surface area (Å²) in [6.45, 7) is 2.90. The predicted molar refractivity (Wildman–Crippen MR) is 91.5 cm³/mol. The van der Waals surface area contributed by atoms with Crippen LogP contribution in [0.5, 0.6) is 0 Å². The number of carbonyl (C=O) groups excluding carboxylic acids is 2. The summed E-state index contributed by atoms with van der Waals surface area (Å²) in [6.07, 6.45) is 3.71. The van der Waals surface area contributed by atoms with Gasteiger partial charge in [-0.25, -0.2) is 4.79 Å². The summed E-state index contributed by atoms with van der Waals surface area (Å²) in [5.41, 5.74) is 2.94. The molecule has 0 saturated carbocycles. The predicted octanol–water partition coefficient (Wildman–Crippen LogP) is 1.99. The van der Waals surface area contributed by atoms with Crippen LogP contribution in [0.1, 0.15) is 17.5 Å². The first-order valence-electron chi connectivity index (χ1n) is 7.92. The third-order valence-electron chi connectivity index (χ3n) is 3.98. The highest BCUT2D eigenvalue weighted by molar-refractivity contribution is 5.96. The molecule has 1 aliphatic heterocycles. The van der Waals surface area contributed by atoms with E-state index in [2.05, 4.69) is 15.6 Å². The van der Waals surface area contributed by atoms with Gasteiger partial charge in [-0.3, -0.25) is 9.78 Å². The average Bonchev–Trinajstić information content (AvgIpc) is 2.95. The smallest absolute Gasteiger partial charge is 0.315 e. The van der Waals surface area contributed by atoms with Crippen LogP contribution in [0, 0.1) is 6.92 Å². The molecule has 2 heterocycles. The van der Waals surface area contributed by atoms with E-state index in [4.69, 9.17) is 0 Å². The molecule has 0 radical (unpaired) electrons. The molecule has 1 atom stereocenters. The maximum Gasteiger partial charge on any atom is 0.315 e. The number of urea groups is 1. The Morgan fingerprint density at radius 1 is 1.29 bits per heavy atom. The normalized spacial score (nSPS) is 17.0. The first-order chi connectivity index (χ1) is 11.6. The summed E-state index contributed by atoms with van der Waals surface area (Å²) in [6, 6.07) is 11.1. The lowest BCUT2D eigenvalue weighted by molar-refractivity contribution is -0.117. The van der Waals surface area contributed by atoms with Crippen molar-refractivity contribution in [2.45, 2.75) is 25.9 Å². The van der Waals surface area contributed by atoms with Crippen molar-refractivity contribution in [3.63, 3.8) is 0 Å². The molecule has 6 nitrogen and oxygen atoms in total. The molecule has 1 unspecified atom stereocenters. The van der Waals surface area contributed by atoms with Crippen molar-refractivity contribution in [2.24, 2.45) is 0 Å². The van der Waals surface area contributed by atoms with E-state index in [0.29, 0.717) is 19.5 Å². The van der Waals surface area contributed by atoms with Crippen LogP contribution in [0.2, 0.25) is 0 Å². The fourth-order valence-corrected chi connectivity index (χ4v) is 2.70. The van der Waals surface area contributed by atoms with Gasteiger partial charge in [0.15, 0.2) is 0 Å². The van der Waals surface area contributed by atoms with Crippen LogP contribution >= 0.6 is 0 Å². The van der Waals surface area contributed by atoms with Gasteiger partial charge in [-0.05, 0) is 30.7 Å². The molecule has 24 heavy (non-hydrogen) atoms. The lowest BCUT2D eigenvalue weighted by Gasteiger charge is -2.17. The Balaban J connectivity index is 1.52. The lowest BCUT2D eigenvalue weighted by atomic mass is 10.2. The molecule has 1 aliphatic rings. The summed E-state index contributed by atoms with van der Waals surface area (Å²) >= 11 is 0. The molecule has 1 aromatic heterocycles. The van der Waals surface area contributed by atoms with Crippen molar-refractivity contribution in [1.82, 2.24) is 15.6 Å². The molecule has 2 N–H and O–H groups in total. The van der Waals surface area contributed by atoms with Crippen molar-refractivity contribution >= 4 is 17.6 Å². The third kappa shape index (κ3) is 3.90. The van der Waals surface area contributed by atoms with E-state index >= 15 is 0 Å². The topological polar surface area (TPSA) is 74.3 Å². The summed E-state index contributed by atoms with van der Waals surface area (Å²) in [5.74, 6) is 0.0245. The number of aryl methyl sites for hydroxylation is 1. The third-order valence-corrected chi connectivity index (χ3v) is 3.98. The number of nitrogens with one attached hydrogen (secondary N) is 2. The number of anilines is 1. The molecule has 2 aromatic rings. The first kappa shape index (κ1) is 16.0. The maximum absolute atomic E-state index is 12.2. The van der Waals surface area contributed by atoms with E-state index in [1.807, 2.05) is 43.3 Å². The fraction of sp³-hybridized carbons (Fsp3) is 0.278. The van der Waals surface area contributed by atoms with Crippen molar-refractivity contribution in [1.29, 1.82) is 0 Å². The average molecular weight is 324 g/mol. The Bertz CT molecular complexity index is 716. The number of benzene rings is 1. The van der Waals surface area contributed by atoms with Gasteiger partial charge in [0, 0.05) is 37.6 Å². The van der Waals surface area contributed by atoms with Gasteiger partial charge in [-0.1, -0.05) is 23.8 Å². The SMILES string of the molecule is Cc1ccc(N2CC(NC(=O)NCc3cccnc3)CC2=O)cc1. The molecule has 1 aromatic carbocycles. The van der Waals surface area contributed by atoms with Gasteiger partial charge in [0.2, 0.25) is 5.91 Å². The zero-order chi connectivity index (χ0) is 16.9. The highest BCUT2D eigenvalue weighted by atomic mass is 16.2. The lowest BCUT2D eigenvalue weighted by Crippen LogP contribution is -2.43. The molecular formula is C18H20N4O2. The van der Waals surface area contributed by atoms with E-state index in [-0.39, 0.29) is 18.0 Å². The number of rotatable bonds is 4. The number of hydrogen-bond acceptors (Lipinski definition) is 3. The number of amides is 3. The number of aromatic nitrogens is 1. The molecule has 0 aliphatic carbocycles. The molecule has 3 rings (SSSR count). The molecule has 1 saturated heterocycles. The Hall–Kier alpha value is -2.89. The largest absolute Gasteiger partial charge is 0.334 e. The molecule has 124 valence electrons. The number of pyridine rings is 1. The molecular weight excluding hydrogens is 304 g/mol. The number of carbonyl (C=O) groups is 2. The zero-order valence-electron chi connectivity index (χ0n) is 13.5. The minimum Gasteiger partial charge on any atom is -0.334 e.